The first-order valence-corrected chi connectivity index (χ1v) is 11.2. The number of aliphatic imine (C=N–C) groups is 1. The van der Waals surface area contributed by atoms with E-state index < -0.39 is 0 Å². The molecular weight excluding hydrogens is 370 g/mol. The molecule has 3 unspecified atom stereocenters. The molecule has 0 fully saturated rings. The Hall–Kier alpha value is -2.07. The molecule has 0 aromatic heterocycles. The van der Waals surface area contributed by atoms with E-state index in [9.17, 15) is 0 Å². The Morgan fingerprint density at radius 1 is 1.40 bits per heavy atom. The lowest BCUT2D eigenvalue weighted by Gasteiger charge is -2.27. The summed E-state index contributed by atoms with van der Waals surface area (Å²) in [6.07, 6.45) is 15.8. The quantitative estimate of drug-likeness (QED) is 0.305. The highest BCUT2D eigenvalue weighted by molar-refractivity contribution is 5.85. The lowest BCUT2D eigenvalue weighted by atomic mass is 9.85. The molecule has 30 heavy (non-hydrogen) atoms. The van der Waals surface area contributed by atoms with E-state index in [0.29, 0.717) is 18.4 Å². The predicted molar refractivity (Wildman–Crippen MR) is 131 cm³/mol. The number of methoxy groups -OCH3 is 1. The van der Waals surface area contributed by atoms with Crippen LogP contribution in [0.3, 0.4) is 0 Å². The van der Waals surface area contributed by atoms with Crippen LogP contribution >= 0.6 is 0 Å². The summed E-state index contributed by atoms with van der Waals surface area (Å²) in [5.41, 5.74) is 2.45. The largest absolute Gasteiger partial charge is 0.377 e. The Balaban J connectivity index is 3.11. The van der Waals surface area contributed by atoms with E-state index in [1.807, 2.05) is 19.3 Å². The second-order valence-electron chi connectivity index (χ2n) is 8.11. The van der Waals surface area contributed by atoms with Crippen molar-refractivity contribution in [2.45, 2.75) is 65.9 Å². The van der Waals surface area contributed by atoms with Gasteiger partial charge in [0.15, 0.2) is 0 Å². The maximum Gasteiger partial charge on any atom is 0.108 e. The Morgan fingerprint density at radius 3 is 2.70 bits per heavy atom. The maximum absolute atomic E-state index is 5.65. The molecule has 0 aromatic carbocycles. The highest BCUT2D eigenvalue weighted by atomic mass is 16.5. The van der Waals surface area contributed by atoms with Crippen molar-refractivity contribution in [3.05, 3.63) is 60.6 Å². The van der Waals surface area contributed by atoms with E-state index in [-0.39, 0.29) is 6.10 Å². The van der Waals surface area contributed by atoms with Crippen molar-refractivity contribution >= 4 is 5.84 Å². The van der Waals surface area contributed by atoms with Gasteiger partial charge in [-0.3, -0.25) is 9.89 Å². The second-order valence-corrected chi connectivity index (χ2v) is 8.11. The minimum Gasteiger partial charge on any atom is -0.377 e. The van der Waals surface area contributed by atoms with Crippen molar-refractivity contribution in [1.29, 1.82) is 0 Å². The Bertz CT molecular complexity index is 672. The van der Waals surface area contributed by atoms with Crippen LogP contribution in [0.25, 0.3) is 0 Å². The van der Waals surface area contributed by atoms with E-state index in [0.717, 1.165) is 30.9 Å². The number of nitrogens with zero attached hydrogens (tertiary/aromatic N) is 2. The number of hydrogen-bond donors (Lipinski definition) is 1. The van der Waals surface area contributed by atoms with Gasteiger partial charge in [-0.1, -0.05) is 51.5 Å². The number of hydrogen-bond acceptors (Lipinski definition) is 3. The van der Waals surface area contributed by atoms with Crippen LogP contribution in [0.2, 0.25) is 0 Å². The third-order valence-corrected chi connectivity index (χ3v) is 6.07. The number of allylic oxidation sites excluding steroid dienone is 5. The zero-order chi connectivity index (χ0) is 22.5. The molecule has 1 aliphatic rings. The van der Waals surface area contributed by atoms with Crippen LogP contribution in [0.1, 0.15) is 59.8 Å². The highest BCUT2D eigenvalue weighted by Crippen LogP contribution is 2.29. The minimum absolute atomic E-state index is 0.0334. The van der Waals surface area contributed by atoms with Crippen molar-refractivity contribution in [3.63, 3.8) is 0 Å². The molecule has 0 amide bonds. The van der Waals surface area contributed by atoms with Gasteiger partial charge in [-0.2, -0.15) is 0 Å². The number of amidine groups is 1. The summed E-state index contributed by atoms with van der Waals surface area (Å²) in [7, 11) is 3.64. The third kappa shape index (κ3) is 7.64. The predicted octanol–water partition coefficient (Wildman–Crippen LogP) is 6.22. The van der Waals surface area contributed by atoms with E-state index in [4.69, 9.17) is 4.74 Å². The fraction of sp³-hybridized carbons (Fsp3) is 0.577. The van der Waals surface area contributed by atoms with Crippen molar-refractivity contribution in [2.75, 3.05) is 20.7 Å². The molecule has 3 atom stereocenters. The summed E-state index contributed by atoms with van der Waals surface area (Å²) >= 11 is 0. The molecule has 0 aliphatic carbocycles. The molecule has 1 rings (SSSR count). The van der Waals surface area contributed by atoms with Crippen LogP contribution in [-0.2, 0) is 4.74 Å². The fourth-order valence-electron chi connectivity index (χ4n) is 3.98. The topological polar surface area (TPSA) is 36.9 Å². The summed E-state index contributed by atoms with van der Waals surface area (Å²) in [5.74, 6) is 3.40. The van der Waals surface area contributed by atoms with Crippen LogP contribution in [-0.4, -0.2) is 37.5 Å². The van der Waals surface area contributed by atoms with Gasteiger partial charge in [0.25, 0.3) is 0 Å². The molecule has 4 nitrogen and oxygen atoms in total. The number of nitrogens with one attached hydrogen (secondary N) is 1. The van der Waals surface area contributed by atoms with Crippen molar-refractivity contribution < 1.29 is 4.74 Å². The molecule has 4 heteroatoms. The van der Waals surface area contributed by atoms with Crippen molar-refractivity contribution in [2.24, 2.45) is 16.8 Å². The monoisotopic (exact) mass is 413 g/mol. The van der Waals surface area contributed by atoms with Gasteiger partial charge in [0.05, 0.1) is 6.10 Å². The van der Waals surface area contributed by atoms with E-state index in [1.54, 1.807) is 7.11 Å². The van der Waals surface area contributed by atoms with Gasteiger partial charge in [0.2, 0.25) is 0 Å². The van der Waals surface area contributed by atoms with Crippen LogP contribution < -0.4 is 5.32 Å². The van der Waals surface area contributed by atoms with E-state index in [2.05, 4.69) is 74.3 Å². The summed E-state index contributed by atoms with van der Waals surface area (Å²) < 4.78 is 5.65. The second kappa shape index (κ2) is 14.0. The molecule has 1 aliphatic heterocycles. The fourth-order valence-corrected chi connectivity index (χ4v) is 3.98. The van der Waals surface area contributed by atoms with Gasteiger partial charge >= 0.3 is 0 Å². The van der Waals surface area contributed by atoms with Crippen LogP contribution in [0, 0.1) is 11.8 Å². The van der Waals surface area contributed by atoms with Crippen molar-refractivity contribution in [3.8, 4) is 0 Å². The summed E-state index contributed by atoms with van der Waals surface area (Å²) in [6, 6.07) is 0. The van der Waals surface area contributed by atoms with Gasteiger partial charge in [-0.05, 0) is 55.7 Å². The van der Waals surface area contributed by atoms with Gasteiger partial charge < -0.3 is 10.1 Å². The first-order valence-electron chi connectivity index (χ1n) is 11.2. The minimum atomic E-state index is 0.0334. The number of ether oxygens (including phenoxy) is 1. The molecule has 0 radical (unpaired) electrons. The van der Waals surface area contributed by atoms with Crippen LogP contribution in [0.5, 0.6) is 0 Å². The average molecular weight is 414 g/mol. The summed E-state index contributed by atoms with van der Waals surface area (Å²) in [5, 5.41) is 3.65. The zero-order valence-corrected chi connectivity index (χ0v) is 20.1. The lowest BCUT2D eigenvalue weighted by Crippen LogP contribution is -2.34. The van der Waals surface area contributed by atoms with Gasteiger partial charge in [-0.15, -0.1) is 6.58 Å². The first-order chi connectivity index (χ1) is 14.4. The molecule has 0 bridgehead atoms. The van der Waals surface area contributed by atoms with E-state index in [1.165, 1.54) is 24.0 Å². The van der Waals surface area contributed by atoms with Crippen LogP contribution in [0.4, 0.5) is 0 Å². The third-order valence-electron chi connectivity index (χ3n) is 6.07. The molecule has 0 aromatic rings. The molecule has 0 saturated carbocycles. The average Bonchev–Trinajstić information content (AvgIpc) is 2.92. The lowest BCUT2D eigenvalue weighted by molar-refractivity contribution is 0.144. The molecular formula is C26H43N3O. The van der Waals surface area contributed by atoms with E-state index >= 15 is 0 Å². The molecule has 1 heterocycles. The highest BCUT2D eigenvalue weighted by Gasteiger charge is 2.25. The van der Waals surface area contributed by atoms with Gasteiger partial charge in [0.1, 0.15) is 11.7 Å². The maximum atomic E-state index is 5.65. The Labute approximate surface area is 185 Å². The smallest absolute Gasteiger partial charge is 0.108 e. The normalized spacial score (nSPS) is 21.7. The first kappa shape index (κ1) is 26.0. The molecule has 168 valence electrons. The summed E-state index contributed by atoms with van der Waals surface area (Å²) in [6.45, 7) is 17.4. The Kier molecular flexibility index (Phi) is 12.1. The SMILES string of the molecule is C=CC/C=C\C(C)=C(\CNC1=CCC(C(C)CCC)C/C(=N/C)N1C=C)C(C)OC. The van der Waals surface area contributed by atoms with Crippen LogP contribution in [0.15, 0.2) is 65.6 Å². The Morgan fingerprint density at radius 2 is 2.13 bits per heavy atom. The van der Waals surface area contributed by atoms with Gasteiger partial charge in [-0.25, -0.2) is 0 Å². The molecule has 0 saturated heterocycles. The molecule has 0 spiro atoms. The zero-order valence-electron chi connectivity index (χ0n) is 20.1. The number of rotatable bonds is 12. The molecule has 1 N–H and O–H groups in total. The van der Waals surface area contributed by atoms with Gasteiger partial charge in [0, 0.05) is 33.3 Å². The van der Waals surface area contributed by atoms with Crippen molar-refractivity contribution in [1.82, 2.24) is 10.2 Å². The summed E-state index contributed by atoms with van der Waals surface area (Å²) in [4.78, 5) is 6.71. The standard InChI is InChI=1S/C26H43N3O/c1-9-12-13-15-21(5)24(22(6)30-8)19-28-25-17-16-23(20(4)14-10-2)18-26(27-7)29(25)11-3/h9,11,13,15,17,20,22-23,28H,1,3,10,12,14,16,18-19H2,2,4-8H3/b15-13-,24-21-,27-26-.